The highest BCUT2D eigenvalue weighted by atomic mass is 16.1. The summed E-state index contributed by atoms with van der Waals surface area (Å²) >= 11 is 0. The zero-order chi connectivity index (χ0) is 12.0. The fraction of sp³-hybridized carbons (Fsp3) is 0.615. The van der Waals surface area contributed by atoms with Gasteiger partial charge in [0.1, 0.15) is 0 Å². The number of pyridine rings is 1. The predicted molar refractivity (Wildman–Crippen MR) is 67.6 cm³/mol. The molecule has 2 atom stereocenters. The lowest BCUT2D eigenvalue weighted by Crippen LogP contribution is -2.35. The molecule has 3 heteroatoms. The van der Waals surface area contributed by atoms with Crippen molar-refractivity contribution in [2.24, 2.45) is 5.92 Å². The van der Waals surface area contributed by atoms with E-state index in [-0.39, 0.29) is 5.56 Å². The highest BCUT2D eigenvalue weighted by molar-refractivity contribution is 4.93. The highest BCUT2D eigenvalue weighted by Gasteiger charge is 2.08. The second kappa shape index (κ2) is 6.48. The Hall–Kier alpha value is -1.09. The smallest absolute Gasteiger partial charge is 0.250 e. The lowest BCUT2D eigenvalue weighted by atomic mass is 10.0. The maximum Gasteiger partial charge on any atom is 0.250 e. The van der Waals surface area contributed by atoms with Gasteiger partial charge in [-0.15, -0.1) is 0 Å². The van der Waals surface area contributed by atoms with E-state index in [2.05, 4.69) is 26.1 Å². The van der Waals surface area contributed by atoms with Gasteiger partial charge in [-0.05, 0) is 18.9 Å². The third-order valence-corrected chi connectivity index (χ3v) is 3.22. The van der Waals surface area contributed by atoms with Crippen molar-refractivity contribution < 1.29 is 0 Å². The topological polar surface area (TPSA) is 34.0 Å². The molecule has 16 heavy (non-hydrogen) atoms. The molecule has 0 radical (unpaired) electrons. The molecule has 3 nitrogen and oxygen atoms in total. The largest absolute Gasteiger partial charge is 0.314 e. The Bertz CT molecular complexity index is 359. The summed E-state index contributed by atoms with van der Waals surface area (Å²) < 4.78 is 1.73. The van der Waals surface area contributed by atoms with Crippen molar-refractivity contribution in [1.29, 1.82) is 0 Å². The van der Waals surface area contributed by atoms with Gasteiger partial charge in [0.25, 0.3) is 5.56 Å². The Balaban J connectivity index is 2.36. The summed E-state index contributed by atoms with van der Waals surface area (Å²) in [5.74, 6) is 0.674. The van der Waals surface area contributed by atoms with Crippen molar-refractivity contribution >= 4 is 0 Å². The monoisotopic (exact) mass is 222 g/mol. The number of nitrogens with one attached hydrogen (secondary N) is 1. The van der Waals surface area contributed by atoms with Gasteiger partial charge in [0.05, 0.1) is 0 Å². The van der Waals surface area contributed by atoms with Gasteiger partial charge in [-0.25, -0.2) is 0 Å². The van der Waals surface area contributed by atoms with Gasteiger partial charge in [-0.2, -0.15) is 0 Å². The van der Waals surface area contributed by atoms with Gasteiger partial charge in [-0.1, -0.05) is 26.3 Å². The van der Waals surface area contributed by atoms with Crippen molar-refractivity contribution in [3.05, 3.63) is 34.7 Å². The molecule has 0 amide bonds. The molecule has 1 rings (SSSR count). The minimum Gasteiger partial charge on any atom is -0.314 e. The molecule has 0 aromatic carbocycles. The van der Waals surface area contributed by atoms with Gasteiger partial charge in [0.15, 0.2) is 0 Å². The first-order chi connectivity index (χ1) is 7.65. The van der Waals surface area contributed by atoms with E-state index in [9.17, 15) is 4.79 Å². The van der Waals surface area contributed by atoms with Crippen molar-refractivity contribution in [3.63, 3.8) is 0 Å². The molecule has 0 fully saturated rings. The zero-order valence-corrected chi connectivity index (χ0v) is 10.4. The summed E-state index contributed by atoms with van der Waals surface area (Å²) in [6.07, 6.45) is 3.01. The van der Waals surface area contributed by atoms with Crippen LogP contribution in [0.4, 0.5) is 0 Å². The average Bonchev–Trinajstić information content (AvgIpc) is 2.30. The van der Waals surface area contributed by atoms with Crippen LogP contribution in [0.3, 0.4) is 0 Å². The minimum absolute atomic E-state index is 0.0699. The number of rotatable bonds is 6. The van der Waals surface area contributed by atoms with Crippen LogP contribution >= 0.6 is 0 Å². The predicted octanol–water partition coefficient (Wildman–Crippen LogP) is 1.87. The van der Waals surface area contributed by atoms with Crippen molar-refractivity contribution in [1.82, 2.24) is 9.88 Å². The summed E-state index contributed by atoms with van der Waals surface area (Å²) in [6, 6.07) is 5.76. The van der Waals surface area contributed by atoms with E-state index < -0.39 is 0 Å². The Morgan fingerprint density at radius 1 is 1.38 bits per heavy atom. The van der Waals surface area contributed by atoms with Gasteiger partial charge in [0, 0.05) is 31.4 Å². The van der Waals surface area contributed by atoms with Gasteiger partial charge < -0.3 is 9.88 Å². The molecule has 0 aliphatic carbocycles. The van der Waals surface area contributed by atoms with E-state index >= 15 is 0 Å². The zero-order valence-electron chi connectivity index (χ0n) is 10.4. The Morgan fingerprint density at radius 2 is 2.12 bits per heavy atom. The Labute approximate surface area is 97.5 Å². The lowest BCUT2D eigenvalue weighted by Gasteiger charge is -2.20. The van der Waals surface area contributed by atoms with Crippen LogP contribution in [0.1, 0.15) is 27.2 Å². The quantitative estimate of drug-likeness (QED) is 0.797. The number of nitrogens with zero attached hydrogens (tertiary/aromatic N) is 1. The summed E-state index contributed by atoms with van der Waals surface area (Å²) in [6.45, 7) is 8.22. The van der Waals surface area contributed by atoms with Crippen LogP contribution in [0, 0.1) is 5.92 Å². The normalized spacial score (nSPS) is 14.7. The number of hydrogen-bond donors (Lipinski definition) is 1. The van der Waals surface area contributed by atoms with E-state index in [4.69, 9.17) is 0 Å². The highest BCUT2D eigenvalue weighted by Crippen LogP contribution is 2.05. The van der Waals surface area contributed by atoms with Crippen molar-refractivity contribution in [3.8, 4) is 0 Å². The van der Waals surface area contributed by atoms with Gasteiger partial charge >= 0.3 is 0 Å². The van der Waals surface area contributed by atoms with E-state index in [0.29, 0.717) is 12.0 Å². The van der Waals surface area contributed by atoms with E-state index in [1.54, 1.807) is 16.7 Å². The fourth-order valence-corrected chi connectivity index (χ4v) is 1.61. The SMILES string of the molecule is CCC(C)C(C)NCCn1ccccc1=O. The summed E-state index contributed by atoms with van der Waals surface area (Å²) in [4.78, 5) is 11.4. The standard InChI is InChI=1S/C13H22N2O/c1-4-11(2)12(3)14-8-10-15-9-6-5-7-13(15)16/h5-7,9,11-12,14H,4,8,10H2,1-3H3. The van der Waals surface area contributed by atoms with E-state index in [1.807, 2.05) is 12.3 Å². The fourth-order valence-electron chi connectivity index (χ4n) is 1.61. The molecule has 90 valence electrons. The Kier molecular flexibility index (Phi) is 5.26. The molecule has 0 saturated carbocycles. The van der Waals surface area contributed by atoms with Crippen LogP contribution in [0.5, 0.6) is 0 Å². The summed E-state index contributed by atoms with van der Waals surface area (Å²) in [7, 11) is 0. The number of hydrogen-bond acceptors (Lipinski definition) is 2. The summed E-state index contributed by atoms with van der Waals surface area (Å²) in [5.41, 5.74) is 0.0699. The van der Waals surface area contributed by atoms with Crippen molar-refractivity contribution in [2.45, 2.75) is 39.8 Å². The summed E-state index contributed by atoms with van der Waals surface area (Å²) in [5, 5.41) is 3.45. The minimum atomic E-state index is 0.0699. The van der Waals surface area contributed by atoms with Crippen LogP contribution in [-0.4, -0.2) is 17.2 Å². The first-order valence-corrected chi connectivity index (χ1v) is 6.04. The second-order valence-electron chi connectivity index (χ2n) is 4.36. The third-order valence-electron chi connectivity index (χ3n) is 3.22. The van der Waals surface area contributed by atoms with Crippen LogP contribution < -0.4 is 10.9 Å². The molecule has 2 unspecified atom stereocenters. The number of aromatic nitrogens is 1. The van der Waals surface area contributed by atoms with Crippen LogP contribution in [0.25, 0.3) is 0 Å². The Morgan fingerprint density at radius 3 is 2.75 bits per heavy atom. The molecular formula is C13H22N2O. The van der Waals surface area contributed by atoms with Crippen LogP contribution in [0.15, 0.2) is 29.2 Å². The third kappa shape index (κ3) is 3.81. The second-order valence-corrected chi connectivity index (χ2v) is 4.36. The lowest BCUT2D eigenvalue weighted by molar-refractivity contribution is 0.383. The van der Waals surface area contributed by atoms with Crippen LogP contribution in [-0.2, 0) is 6.54 Å². The molecule has 0 bridgehead atoms. The molecule has 1 N–H and O–H groups in total. The molecule has 1 heterocycles. The molecular weight excluding hydrogens is 200 g/mol. The van der Waals surface area contributed by atoms with Gasteiger partial charge in [-0.3, -0.25) is 4.79 Å². The van der Waals surface area contributed by atoms with E-state index in [0.717, 1.165) is 13.1 Å². The molecule has 0 saturated heterocycles. The molecule has 0 spiro atoms. The van der Waals surface area contributed by atoms with Crippen LogP contribution in [0.2, 0.25) is 0 Å². The molecule has 1 aromatic heterocycles. The van der Waals surface area contributed by atoms with Gasteiger partial charge in [0.2, 0.25) is 0 Å². The molecule has 1 aromatic rings. The first kappa shape index (κ1) is 13.0. The maximum atomic E-state index is 11.4. The average molecular weight is 222 g/mol. The van der Waals surface area contributed by atoms with E-state index in [1.165, 1.54) is 6.42 Å². The molecule has 0 aliphatic heterocycles. The maximum absolute atomic E-state index is 11.4. The molecule has 0 aliphatic rings. The first-order valence-electron chi connectivity index (χ1n) is 6.04. The van der Waals surface area contributed by atoms with Crippen molar-refractivity contribution in [2.75, 3.05) is 6.54 Å².